The summed E-state index contributed by atoms with van der Waals surface area (Å²) < 4.78 is 0. The molecular formula is C11H15ClN2OS. The topological polar surface area (TPSA) is 42.0 Å². The van der Waals surface area contributed by atoms with Crippen LogP contribution in [0.4, 0.5) is 0 Å². The summed E-state index contributed by atoms with van der Waals surface area (Å²) in [5, 5.41) is 3.28. The Bertz CT molecular complexity index is 360. The summed E-state index contributed by atoms with van der Waals surface area (Å²) in [5.41, 5.74) is 0.431. The molecule has 1 unspecified atom stereocenters. The van der Waals surface area contributed by atoms with Crippen molar-refractivity contribution in [1.82, 2.24) is 10.3 Å². The van der Waals surface area contributed by atoms with Gasteiger partial charge in [-0.15, -0.1) is 0 Å². The van der Waals surface area contributed by atoms with E-state index in [0.29, 0.717) is 23.0 Å². The normalized spacial score (nSPS) is 12.2. The van der Waals surface area contributed by atoms with E-state index >= 15 is 0 Å². The Labute approximate surface area is 105 Å². The Kier molecular flexibility index (Phi) is 5.63. The Hall–Kier alpha value is -0.740. The number of amides is 1. The number of hydrogen-bond acceptors (Lipinski definition) is 3. The minimum absolute atomic E-state index is 0.161. The van der Waals surface area contributed by atoms with E-state index in [1.165, 1.54) is 6.20 Å². The summed E-state index contributed by atoms with van der Waals surface area (Å²) in [6, 6.07) is 1.61. The van der Waals surface area contributed by atoms with Crippen LogP contribution in [0.25, 0.3) is 0 Å². The zero-order chi connectivity index (χ0) is 12.0. The molecule has 16 heavy (non-hydrogen) atoms. The maximum absolute atomic E-state index is 11.7. The molecule has 0 bridgehead atoms. The van der Waals surface area contributed by atoms with Gasteiger partial charge in [0, 0.05) is 18.9 Å². The van der Waals surface area contributed by atoms with Crippen LogP contribution in [-0.2, 0) is 0 Å². The van der Waals surface area contributed by atoms with E-state index in [1.807, 2.05) is 0 Å². The second-order valence-electron chi connectivity index (χ2n) is 3.63. The monoisotopic (exact) mass is 258 g/mol. The van der Waals surface area contributed by atoms with Crippen LogP contribution in [-0.4, -0.2) is 29.4 Å². The molecule has 1 aromatic heterocycles. The minimum atomic E-state index is -0.161. The highest BCUT2D eigenvalue weighted by Crippen LogP contribution is 2.13. The summed E-state index contributed by atoms with van der Waals surface area (Å²) in [6.45, 7) is 2.76. The summed E-state index contributed by atoms with van der Waals surface area (Å²) in [4.78, 5) is 15.6. The summed E-state index contributed by atoms with van der Waals surface area (Å²) in [5.74, 6) is 1.32. The molecule has 1 aromatic rings. The zero-order valence-corrected chi connectivity index (χ0v) is 10.9. The van der Waals surface area contributed by atoms with Gasteiger partial charge in [-0.2, -0.15) is 11.8 Å². The summed E-state index contributed by atoms with van der Waals surface area (Å²) >= 11 is 7.66. The van der Waals surface area contributed by atoms with Crippen molar-refractivity contribution in [2.75, 3.05) is 18.6 Å². The number of hydrogen-bond donors (Lipinski definition) is 1. The lowest BCUT2D eigenvalue weighted by molar-refractivity contribution is 0.0949. The Morgan fingerprint density at radius 3 is 3.06 bits per heavy atom. The first-order valence-electron chi connectivity index (χ1n) is 5.01. The number of carbonyl (C=O) groups is 1. The molecule has 0 saturated heterocycles. The third kappa shape index (κ3) is 4.02. The molecule has 0 radical (unpaired) electrons. The average Bonchev–Trinajstić information content (AvgIpc) is 2.27. The van der Waals surface area contributed by atoms with Crippen molar-refractivity contribution in [1.29, 1.82) is 0 Å². The number of nitrogens with zero attached hydrogens (tertiary/aromatic N) is 1. The van der Waals surface area contributed by atoms with Crippen molar-refractivity contribution in [3.63, 3.8) is 0 Å². The van der Waals surface area contributed by atoms with E-state index < -0.39 is 0 Å². The molecule has 1 rings (SSSR count). The second kappa shape index (κ2) is 6.76. The fourth-order valence-corrected chi connectivity index (χ4v) is 2.13. The molecule has 1 atom stereocenters. The predicted octanol–water partition coefficient (Wildman–Crippen LogP) is 2.46. The molecule has 0 aromatic carbocycles. The standard InChI is InChI=1S/C11H15ClN2OS/c1-8(7-16-2)5-14-11(15)9-6-13-4-3-10(9)12/h3-4,6,8H,5,7H2,1-2H3,(H,14,15). The summed E-state index contributed by atoms with van der Waals surface area (Å²) in [7, 11) is 0. The Morgan fingerprint density at radius 2 is 2.44 bits per heavy atom. The largest absolute Gasteiger partial charge is 0.352 e. The zero-order valence-electron chi connectivity index (χ0n) is 9.37. The number of aromatic nitrogens is 1. The lowest BCUT2D eigenvalue weighted by Gasteiger charge is -2.11. The number of pyridine rings is 1. The van der Waals surface area contributed by atoms with Gasteiger partial charge < -0.3 is 5.32 Å². The molecule has 0 aliphatic rings. The molecule has 1 amide bonds. The van der Waals surface area contributed by atoms with Crippen LogP contribution in [0.15, 0.2) is 18.5 Å². The predicted molar refractivity (Wildman–Crippen MR) is 69.1 cm³/mol. The SMILES string of the molecule is CSCC(C)CNC(=O)c1cnccc1Cl. The van der Waals surface area contributed by atoms with Crippen LogP contribution in [0, 0.1) is 5.92 Å². The molecule has 3 nitrogen and oxygen atoms in total. The van der Waals surface area contributed by atoms with Crippen molar-refractivity contribution in [2.45, 2.75) is 6.92 Å². The van der Waals surface area contributed by atoms with Crippen LogP contribution in [0.3, 0.4) is 0 Å². The second-order valence-corrected chi connectivity index (χ2v) is 4.94. The number of rotatable bonds is 5. The van der Waals surface area contributed by atoms with Gasteiger partial charge >= 0.3 is 0 Å². The first kappa shape index (κ1) is 13.3. The van der Waals surface area contributed by atoms with E-state index in [1.54, 1.807) is 24.0 Å². The molecular weight excluding hydrogens is 244 g/mol. The highest BCUT2D eigenvalue weighted by molar-refractivity contribution is 7.98. The van der Waals surface area contributed by atoms with Gasteiger partial charge in [0.2, 0.25) is 0 Å². The van der Waals surface area contributed by atoms with E-state index in [2.05, 4.69) is 23.5 Å². The van der Waals surface area contributed by atoms with Gasteiger partial charge in [0.05, 0.1) is 10.6 Å². The number of halogens is 1. The quantitative estimate of drug-likeness (QED) is 0.882. The maximum Gasteiger partial charge on any atom is 0.254 e. The Morgan fingerprint density at radius 1 is 1.69 bits per heavy atom. The first-order chi connectivity index (χ1) is 7.65. The van der Waals surface area contributed by atoms with Crippen LogP contribution >= 0.6 is 23.4 Å². The third-order valence-electron chi connectivity index (χ3n) is 2.07. The van der Waals surface area contributed by atoms with Crippen molar-refractivity contribution in [2.24, 2.45) is 5.92 Å². The van der Waals surface area contributed by atoms with E-state index in [-0.39, 0.29) is 5.91 Å². The summed E-state index contributed by atoms with van der Waals surface area (Å²) in [6.07, 6.45) is 5.10. The first-order valence-corrected chi connectivity index (χ1v) is 6.79. The number of thioether (sulfide) groups is 1. The van der Waals surface area contributed by atoms with Crippen molar-refractivity contribution < 1.29 is 4.79 Å². The van der Waals surface area contributed by atoms with Gasteiger partial charge in [-0.1, -0.05) is 18.5 Å². The van der Waals surface area contributed by atoms with Gasteiger partial charge in [-0.3, -0.25) is 9.78 Å². The Balaban J connectivity index is 2.50. The lowest BCUT2D eigenvalue weighted by Crippen LogP contribution is -2.29. The van der Waals surface area contributed by atoms with E-state index in [0.717, 1.165) is 5.75 Å². The van der Waals surface area contributed by atoms with Crippen LogP contribution in [0.2, 0.25) is 5.02 Å². The number of carbonyl (C=O) groups excluding carboxylic acids is 1. The molecule has 0 aliphatic carbocycles. The number of nitrogens with one attached hydrogen (secondary N) is 1. The smallest absolute Gasteiger partial charge is 0.254 e. The highest BCUT2D eigenvalue weighted by atomic mass is 35.5. The molecule has 1 heterocycles. The van der Waals surface area contributed by atoms with Crippen LogP contribution in [0.5, 0.6) is 0 Å². The van der Waals surface area contributed by atoms with Gasteiger partial charge in [-0.05, 0) is 24.0 Å². The van der Waals surface area contributed by atoms with Gasteiger partial charge in [0.15, 0.2) is 0 Å². The van der Waals surface area contributed by atoms with Crippen LogP contribution in [0.1, 0.15) is 17.3 Å². The average molecular weight is 259 g/mol. The fourth-order valence-electron chi connectivity index (χ4n) is 1.25. The maximum atomic E-state index is 11.7. The third-order valence-corrected chi connectivity index (χ3v) is 3.31. The van der Waals surface area contributed by atoms with Gasteiger partial charge in [-0.25, -0.2) is 0 Å². The van der Waals surface area contributed by atoms with E-state index in [4.69, 9.17) is 11.6 Å². The van der Waals surface area contributed by atoms with Gasteiger partial charge in [0.1, 0.15) is 0 Å². The highest BCUT2D eigenvalue weighted by Gasteiger charge is 2.10. The minimum Gasteiger partial charge on any atom is -0.352 e. The molecule has 0 aliphatic heterocycles. The van der Waals surface area contributed by atoms with Crippen molar-refractivity contribution in [3.05, 3.63) is 29.0 Å². The molecule has 0 spiro atoms. The van der Waals surface area contributed by atoms with E-state index in [9.17, 15) is 4.79 Å². The van der Waals surface area contributed by atoms with Gasteiger partial charge in [0.25, 0.3) is 5.91 Å². The fraction of sp³-hybridized carbons (Fsp3) is 0.455. The molecule has 0 saturated carbocycles. The molecule has 0 fully saturated rings. The molecule has 1 N–H and O–H groups in total. The van der Waals surface area contributed by atoms with Crippen LogP contribution < -0.4 is 5.32 Å². The van der Waals surface area contributed by atoms with Crippen molar-refractivity contribution in [3.8, 4) is 0 Å². The molecule has 5 heteroatoms. The molecule has 88 valence electrons. The lowest BCUT2D eigenvalue weighted by atomic mass is 10.2. The van der Waals surface area contributed by atoms with Crippen molar-refractivity contribution >= 4 is 29.3 Å².